The fraction of sp³-hybridized carbons (Fsp3) is 0.406. The second-order valence-corrected chi connectivity index (χ2v) is 11.8. The maximum Gasteiger partial charge on any atom is 0.416 e. The number of carboxylic acids is 1. The zero-order valence-corrected chi connectivity index (χ0v) is 24.7. The lowest BCUT2D eigenvalue weighted by molar-refractivity contribution is -0.143. The van der Waals surface area contributed by atoms with Gasteiger partial charge >= 0.3 is 18.3 Å². The van der Waals surface area contributed by atoms with Gasteiger partial charge in [-0.3, -0.25) is 9.59 Å². The van der Waals surface area contributed by atoms with Crippen molar-refractivity contribution < 1.29 is 45.4 Å². The highest BCUT2D eigenvalue weighted by atomic mass is 19.4. The van der Waals surface area contributed by atoms with Crippen LogP contribution in [0.2, 0.25) is 0 Å². The summed E-state index contributed by atoms with van der Waals surface area (Å²) in [4.78, 5) is 31.0. The van der Waals surface area contributed by atoms with Crippen molar-refractivity contribution in [2.75, 3.05) is 29.9 Å². The van der Waals surface area contributed by atoms with E-state index in [1.165, 1.54) is 32.2 Å². The number of carbonyl (C=O) groups is 2. The minimum Gasteiger partial charge on any atom is -0.481 e. The molecule has 0 spiro atoms. The molecule has 0 bridgehead atoms. The van der Waals surface area contributed by atoms with Crippen LogP contribution in [0.5, 0.6) is 0 Å². The van der Waals surface area contributed by atoms with Crippen LogP contribution in [0.3, 0.4) is 0 Å². The first-order valence-corrected chi connectivity index (χ1v) is 14.2. The molecule has 4 rings (SSSR count). The zero-order chi connectivity index (χ0) is 33.3. The number of aliphatic carboxylic acids is 1. The molecular formula is C32H32F7N3O3. The first-order valence-electron chi connectivity index (χ1n) is 14.2. The fourth-order valence-electron chi connectivity index (χ4n) is 5.40. The molecule has 1 aromatic heterocycles. The van der Waals surface area contributed by atoms with E-state index in [-0.39, 0.29) is 18.4 Å². The van der Waals surface area contributed by atoms with Gasteiger partial charge in [0, 0.05) is 25.1 Å². The Bertz CT molecular complexity index is 1540. The van der Waals surface area contributed by atoms with Crippen molar-refractivity contribution in [3.63, 3.8) is 0 Å². The Morgan fingerprint density at radius 3 is 2.02 bits per heavy atom. The van der Waals surface area contributed by atoms with Gasteiger partial charge in [-0.15, -0.1) is 0 Å². The molecule has 2 aromatic carbocycles. The van der Waals surface area contributed by atoms with E-state index < -0.39 is 58.6 Å². The molecule has 0 radical (unpaired) electrons. The normalized spacial score (nSPS) is 14.8. The van der Waals surface area contributed by atoms with Crippen LogP contribution >= 0.6 is 0 Å². The van der Waals surface area contributed by atoms with E-state index in [0.29, 0.717) is 66.3 Å². The Hall–Kier alpha value is -4.16. The van der Waals surface area contributed by atoms with Crippen molar-refractivity contribution in [3.8, 4) is 11.1 Å². The summed E-state index contributed by atoms with van der Waals surface area (Å²) in [6, 6.07) is 7.02. The van der Waals surface area contributed by atoms with Crippen LogP contribution in [0.15, 0.2) is 48.7 Å². The molecule has 1 aliphatic heterocycles. The van der Waals surface area contributed by atoms with Gasteiger partial charge in [-0.2, -0.15) is 26.3 Å². The second-order valence-electron chi connectivity index (χ2n) is 11.8. The van der Waals surface area contributed by atoms with Crippen LogP contribution in [0.1, 0.15) is 55.4 Å². The van der Waals surface area contributed by atoms with Crippen molar-refractivity contribution in [1.29, 1.82) is 0 Å². The third kappa shape index (κ3) is 7.93. The van der Waals surface area contributed by atoms with E-state index in [9.17, 15) is 40.3 Å². The topological polar surface area (TPSA) is 82.5 Å². The molecule has 45 heavy (non-hydrogen) atoms. The molecule has 242 valence electrons. The molecule has 1 aliphatic rings. The Labute approximate surface area is 255 Å². The fourth-order valence-corrected chi connectivity index (χ4v) is 5.40. The van der Waals surface area contributed by atoms with E-state index in [2.05, 4.69) is 10.3 Å². The Morgan fingerprint density at radius 2 is 1.49 bits per heavy atom. The van der Waals surface area contributed by atoms with Gasteiger partial charge in [0.25, 0.3) is 0 Å². The molecule has 6 nitrogen and oxygen atoms in total. The Kier molecular flexibility index (Phi) is 9.51. The molecule has 1 fully saturated rings. The molecule has 0 amide bonds. The highest BCUT2D eigenvalue weighted by Gasteiger charge is 2.40. The number of hydrogen-bond acceptors (Lipinski definition) is 5. The zero-order valence-electron chi connectivity index (χ0n) is 24.7. The summed E-state index contributed by atoms with van der Waals surface area (Å²) in [7, 11) is 0. The molecule has 3 aromatic rings. The monoisotopic (exact) mass is 639 g/mol. The number of hydrogen-bond donors (Lipinski definition) is 2. The predicted octanol–water partition coefficient (Wildman–Crippen LogP) is 7.88. The van der Waals surface area contributed by atoms with Crippen molar-refractivity contribution >= 4 is 23.3 Å². The second kappa shape index (κ2) is 12.7. The first-order chi connectivity index (χ1) is 20.9. The average Bonchev–Trinajstić information content (AvgIpc) is 2.95. The van der Waals surface area contributed by atoms with Crippen molar-refractivity contribution in [2.24, 2.45) is 5.92 Å². The van der Waals surface area contributed by atoms with Gasteiger partial charge in [0.05, 0.1) is 35.0 Å². The number of alkyl halides is 6. The molecule has 0 saturated carbocycles. The Balaban J connectivity index is 1.63. The van der Waals surface area contributed by atoms with E-state index in [4.69, 9.17) is 5.11 Å². The number of halogens is 7. The molecule has 1 saturated heterocycles. The lowest BCUT2D eigenvalue weighted by Gasteiger charge is -2.32. The van der Waals surface area contributed by atoms with Crippen LogP contribution in [0, 0.1) is 18.7 Å². The van der Waals surface area contributed by atoms with Crippen LogP contribution in [-0.4, -0.2) is 41.5 Å². The van der Waals surface area contributed by atoms with Crippen molar-refractivity contribution in [2.45, 2.75) is 57.8 Å². The third-order valence-corrected chi connectivity index (χ3v) is 8.22. The molecular weight excluding hydrogens is 607 g/mol. The summed E-state index contributed by atoms with van der Waals surface area (Å²) in [6.45, 7) is 4.87. The van der Waals surface area contributed by atoms with Crippen LogP contribution in [0.25, 0.3) is 11.1 Å². The number of Topliss-reactive ketones (excluding diaryl/α,β-unsaturated/α-hetero) is 1. The average molecular weight is 640 g/mol. The molecule has 0 aliphatic carbocycles. The molecule has 0 atom stereocenters. The number of pyridine rings is 1. The van der Waals surface area contributed by atoms with Gasteiger partial charge in [0.1, 0.15) is 11.6 Å². The number of carboxylic acid groups (broad SMARTS) is 1. The van der Waals surface area contributed by atoms with Gasteiger partial charge in [-0.25, -0.2) is 9.37 Å². The van der Waals surface area contributed by atoms with E-state index in [1.807, 2.05) is 4.90 Å². The number of piperidine rings is 1. The largest absolute Gasteiger partial charge is 0.481 e. The summed E-state index contributed by atoms with van der Waals surface area (Å²) >= 11 is 0. The summed E-state index contributed by atoms with van der Waals surface area (Å²) in [6.07, 6.45) is -7.29. The maximum absolute atomic E-state index is 13.9. The number of aromatic nitrogens is 1. The number of nitrogens with zero attached hydrogens (tertiary/aromatic N) is 2. The van der Waals surface area contributed by atoms with Crippen LogP contribution in [0.4, 0.5) is 42.2 Å². The minimum absolute atomic E-state index is 0.0154. The first kappa shape index (κ1) is 33.7. The van der Waals surface area contributed by atoms with Gasteiger partial charge in [-0.05, 0) is 92.6 Å². The highest BCUT2D eigenvalue weighted by molar-refractivity contribution is 5.94. The Morgan fingerprint density at radius 1 is 0.911 bits per heavy atom. The highest BCUT2D eigenvalue weighted by Crippen LogP contribution is 2.40. The smallest absolute Gasteiger partial charge is 0.416 e. The van der Waals surface area contributed by atoms with Gasteiger partial charge < -0.3 is 15.3 Å². The summed E-state index contributed by atoms with van der Waals surface area (Å²) < 4.78 is 94.8. The van der Waals surface area contributed by atoms with Gasteiger partial charge in [0.15, 0.2) is 5.78 Å². The van der Waals surface area contributed by atoms with Crippen molar-refractivity contribution in [3.05, 3.63) is 76.7 Å². The quantitative estimate of drug-likeness (QED) is 0.232. The molecule has 0 unspecified atom stereocenters. The summed E-state index contributed by atoms with van der Waals surface area (Å²) in [5, 5.41) is 12.1. The predicted molar refractivity (Wildman–Crippen MR) is 155 cm³/mol. The lowest BCUT2D eigenvalue weighted by atomic mass is 9.79. The molecule has 13 heteroatoms. The minimum atomic E-state index is -5.06. The number of rotatable bonds is 9. The number of ketones is 1. The van der Waals surface area contributed by atoms with Crippen molar-refractivity contribution in [1.82, 2.24) is 4.98 Å². The van der Waals surface area contributed by atoms with Gasteiger partial charge in [-0.1, -0.05) is 6.07 Å². The number of anilines is 2. The standard InChI is InChI=1S/C32H32F7N3O3/c1-18-10-23(33)4-5-24(18)25-15-28(42-8-6-19(7-9-42)11-29(44)45)41-16-26(25)40-17-27(43)30(2,3)20-12-21(31(34,35)36)14-22(13-20)32(37,38)39/h4-5,10,12-16,19,40H,6-9,11,17H2,1-3H3,(H,44,45). The molecule has 2 N–H and O–H groups in total. The van der Waals surface area contributed by atoms with E-state index in [0.717, 1.165) is 0 Å². The molecule has 2 heterocycles. The maximum atomic E-state index is 13.9. The number of benzene rings is 2. The number of nitrogens with one attached hydrogen (secondary N) is 1. The lowest BCUT2D eigenvalue weighted by Crippen LogP contribution is -2.35. The summed E-state index contributed by atoms with van der Waals surface area (Å²) in [5.74, 6) is -1.39. The SMILES string of the molecule is Cc1cc(F)ccc1-c1cc(N2CCC(CC(=O)O)CC2)ncc1NCC(=O)C(C)(C)c1cc(C(F)(F)F)cc(C(F)(F)F)c1. The van der Waals surface area contributed by atoms with E-state index in [1.54, 1.807) is 19.1 Å². The summed E-state index contributed by atoms with van der Waals surface area (Å²) in [5.41, 5.74) is -3.12. The third-order valence-electron chi connectivity index (χ3n) is 8.22. The van der Waals surface area contributed by atoms with Crippen LogP contribution in [-0.2, 0) is 27.4 Å². The number of aryl methyl sites for hydroxylation is 1. The number of carbonyl (C=O) groups excluding carboxylic acids is 1. The van der Waals surface area contributed by atoms with Gasteiger partial charge in [0.2, 0.25) is 0 Å². The van der Waals surface area contributed by atoms with Crippen LogP contribution < -0.4 is 10.2 Å². The van der Waals surface area contributed by atoms with E-state index >= 15 is 0 Å².